The predicted molar refractivity (Wildman–Crippen MR) is 61.4 cm³/mol. The first-order valence-corrected chi connectivity index (χ1v) is 5.09. The molecular weight excluding hydrogens is 242 g/mol. The van der Waals surface area contributed by atoms with Gasteiger partial charge in [0, 0.05) is 11.0 Å². The van der Waals surface area contributed by atoms with Crippen molar-refractivity contribution in [1.29, 1.82) is 0 Å². The quantitative estimate of drug-likeness (QED) is 0.825. The molecule has 74 valence electrons. The second-order valence-electron chi connectivity index (χ2n) is 2.98. The molecule has 0 unspecified atom stereocenters. The second kappa shape index (κ2) is 4.96. The van der Waals surface area contributed by atoms with Crippen molar-refractivity contribution in [2.45, 2.75) is 6.92 Å². The summed E-state index contributed by atoms with van der Waals surface area (Å²) in [7, 11) is 0. The van der Waals surface area contributed by atoms with Crippen molar-refractivity contribution in [3.8, 4) is 0 Å². The maximum absolute atomic E-state index is 11.5. The normalized spacial score (nSPS) is 9.57. The van der Waals surface area contributed by atoms with E-state index in [1.54, 1.807) is 12.1 Å². The summed E-state index contributed by atoms with van der Waals surface area (Å²) in [6, 6.07) is 5.63. The molecule has 0 aromatic heterocycles. The van der Waals surface area contributed by atoms with Gasteiger partial charge in [-0.1, -0.05) is 12.1 Å². The van der Waals surface area contributed by atoms with Crippen LogP contribution in [0.5, 0.6) is 0 Å². The summed E-state index contributed by atoms with van der Waals surface area (Å²) in [5, 5.41) is 2.72. The van der Waals surface area contributed by atoms with Gasteiger partial charge in [0.25, 0.3) is 5.91 Å². The summed E-state index contributed by atoms with van der Waals surface area (Å²) >= 11 is 3.35. The van der Waals surface area contributed by atoms with E-state index in [2.05, 4.69) is 27.8 Å². The first-order valence-electron chi connectivity index (χ1n) is 4.30. The number of rotatable bonds is 3. The molecule has 14 heavy (non-hydrogen) atoms. The van der Waals surface area contributed by atoms with E-state index >= 15 is 0 Å². The standard InChI is InChI=1S/C11H12BrNO/c1-3-6-13-11(14)9-5-4-8(2)7-10(9)12/h3-5,7H,1,6H2,2H3,(H,13,14). The number of halogens is 1. The van der Waals surface area contributed by atoms with Crippen molar-refractivity contribution in [3.63, 3.8) is 0 Å². The highest BCUT2D eigenvalue weighted by Crippen LogP contribution is 2.17. The van der Waals surface area contributed by atoms with Crippen LogP contribution in [0.2, 0.25) is 0 Å². The van der Waals surface area contributed by atoms with Gasteiger partial charge in [0.05, 0.1) is 5.56 Å². The fraction of sp³-hybridized carbons (Fsp3) is 0.182. The molecule has 0 aliphatic rings. The van der Waals surface area contributed by atoms with Crippen molar-refractivity contribution in [1.82, 2.24) is 5.32 Å². The van der Waals surface area contributed by atoms with Gasteiger partial charge < -0.3 is 5.32 Å². The van der Waals surface area contributed by atoms with Crippen LogP contribution < -0.4 is 5.32 Å². The molecule has 0 radical (unpaired) electrons. The molecule has 1 amide bonds. The topological polar surface area (TPSA) is 29.1 Å². The Morgan fingerprint density at radius 2 is 2.36 bits per heavy atom. The summed E-state index contributed by atoms with van der Waals surface area (Å²) in [5.74, 6) is -0.0863. The van der Waals surface area contributed by atoms with E-state index in [4.69, 9.17) is 0 Å². The monoisotopic (exact) mass is 253 g/mol. The smallest absolute Gasteiger partial charge is 0.252 e. The first kappa shape index (κ1) is 11.0. The number of hydrogen-bond acceptors (Lipinski definition) is 1. The molecule has 0 saturated heterocycles. The minimum atomic E-state index is -0.0863. The molecule has 0 saturated carbocycles. The molecular formula is C11H12BrNO. The number of hydrogen-bond donors (Lipinski definition) is 1. The third-order valence-corrected chi connectivity index (χ3v) is 2.43. The Morgan fingerprint density at radius 3 is 2.93 bits per heavy atom. The summed E-state index contributed by atoms with van der Waals surface area (Å²) in [5.41, 5.74) is 1.77. The Morgan fingerprint density at radius 1 is 1.64 bits per heavy atom. The molecule has 2 nitrogen and oxygen atoms in total. The van der Waals surface area contributed by atoms with Crippen LogP contribution in [-0.2, 0) is 0 Å². The van der Waals surface area contributed by atoms with Crippen molar-refractivity contribution >= 4 is 21.8 Å². The lowest BCUT2D eigenvalue weighted by Gasteiger charge is -2.05. The van der Waals surface area contributed by atoms with Gasteiger partial charge >= 0.3 is 0 Å². The van der Waals surface area contributed by atoms with Crippen LogP contribution in [0.3, 0.4) is 0 Å². The fourth-order valence-corrected chi connectivity index (χ4v) is 1.74. The highest BCUT2D eigenvalue weighted by Gasteiger charge is 2.07. The largest absolute Gasteiger partial charge is 0.349 e. The molecule has 0 heterocycles. The molecule has 0 spiro atoms. The van der Waals surface area contributed by atoms with E-state index < -0.39 is 0 Å². The van der Waals surface area contributed by atoms with Crippen LogP contribution in [0.1, 0.15) is 15.9 Å². The summed E-state index contributed by atoms with van der Waals surface area (Å²) < 4.78 is 0.819. The Kier molecular flexibility index (Phi) is 3.89. The number of nitrogens with one attached hydrogen (secondary N) is 1. The molecule has 0 atom stereocenters. The van der Waals surface area contributed by atoms with Crippen LogP contribution in [-0.4, -0.2) is 12.5 Å². The van der Waals surface area contributed by atoms with Crippen LogP contribution in [0.15, 0.2) is 35.3 Å². The highest BCUT2D eigenvalue weighted by molar-refractivity contribution is 9.10. The average molecular weight is 254 g/mol. The molecule has 1 aromatic carbocycles. The van der Waals surface area contributed by atoms with Crippen molar-refractivity contribution in [2.75, 3.05) is 6.54 Å². The van der Waals surface area contributed by atoms with E-state index in [0.717, 1.165) is 10.0 Å². The third-order valence-electron chi connectivity index (χ3n) is 1.78. The number of carbonyl (C=O) groups is 1. The Hall–Kier alpha value is -1.09. The van der Waals surface area contributed by atoms with Gasteiger partial charge in [-0.05, 0) is 40.5 Å². The van der Waals surface area contributed by atoms with E-state index in [1.807, 2.05) is 19.1 Å². The van der Waals surface area contributed by atoms with Crippen molar-refractivity contribution < 1.29 is 4.79 Å². The molecule has 0 aliphatic carbocycles. The zero-order valence-electron chi connectivity index (χ0n) is 8.01. The van der Waals surface area contributed by atoms with Crippen LogP contribution in [0, 0.1) is 6.92 Å². The van der Waals surface area contributed by atoms with Gasteiger partial charge in [-0.2, -0.15) is 0 Å². The molecule has 0 aliphatic heterocycles. The van der Waals surface area contributed by atoms with E-state index in [1.165, 1.54) is 0 Å². The second-order valence-corrected chi connectivity index (χ2v) is 3.84. The zero-order valence-corrected chi connectivity index (χ0v) is 9.60. The zero-order chi connectivity index (χ0) is 10.6. The SMILES string of the molecule is C=CCNC(=O)c1ccc(C)cc1Br. The highest BCUT2D eigenvalue weighted by atomic mass is 79.9. The van der Waals surface area contributed by atoms with E-state index in [-0.39, 0.29) is 5.91 Å². The third kappa shape index (κ3) is 2.70. The van der Waals surface area contributed by atoms with Crippen LogP contribution in [0.4, 0.5) is 0 Å². The maximum Gasteiger partial charge on any atom is 0.252 e. The molecule has 1 aromatic rings. The van der Waals surface area contributed by atoms with Gasteiger partial charge in [0.15, 0.2) is 0 Å². The Labute approximate surface area is 92.1 Å². The van der Waals surface area contributed by atoms with E-state index in [0.29, 0.717) is 12.1 Å². The number of benzene rings is 1. The summed E-state index contributed by atoms with van der Waals surface area (Å²) in [4.78, 5) is 11.5. The Bertz CT molecular complexity index is 360. The average Bonchev–Trinajstić information content (AvgIpc) is 2.14. The van der Waals surface area contributed by atoms with Gasteiger partial charge in [-0.25, -0.2) is 0 Å². The number of aryl methyl sites for hydroxylation is 1. The van der Waals surface area contributed by atoms with Crippen LogP contribution >= 0.6 is 15.9 Å². The van der Waals surface area contributed by atoms with Crippen molar-refractivity contribution in [2.24, 2.45) is 0 Å². The minimum absolute atomic E-state index is 0.0863. The minimum Gasteiger partial charge on any atom is -0.349 e. The molecule has 1 rings (SSSR count). The molecule has 0 bridgehead atoms. The lowest BCUT2D eigenvalue weighted by molar-refractivity contribution is 0.0957. The molecule has 0 fully saturated rings. The van der Waals surface area contributed by atoms with E-state index in [9.17, 15) is 4.79 Å². The first-order chi connectivity index (χ1) is 6.65. The van der Waals surface area contributed by atoms with Gasteiger partial charge in [-0.15, -0.1) is 6.58 Å². The predicted octanol–water partition coefficient (Wildman–Crippen LogP) is 2.67. The van der Waals surface area contributed by atoms with Gasteiger partial charge in [0.2, 0.25) is 0 Å². The van der Waals surface area contributed by atoms with Gasteiger partial charge in [0.1, 0.15) is 0 Å². The Balaban J connectivity index is 2.84. The number of carbonyl (C=O) groups excluding carboxylic acids is 1. The number of amides is 1. The summed E-state index contributed by atoms with van der Waals surface area (Å²) in [6.07, 6.45) is 1.65. The lowest BCUT2D eigenvalue weighted by Crippen LogP contribution is -2.23. The van der Waals surface area contributed by atoms with Crippen molar-refractivity contribution in [3.05, 3.63) is 46.5 Å². The van der Waals surface area contributed by atoms with Crippen LogP contribution in [0.25, 0.3) is 0 Å². The fourth-order valence-electron chi connectivity index (χ4n) is 1.06. The summed E-state index contributed by atoms with van der Waals surface area (Å²) in [6.45, 7) is 6.00. The maximum atomic E-state index is 11.5. The van der Waals surface area contributed by atoms with Gasteiger partial charge in [-0.3, -0.25) is 4.79 Å². The molecule has 1 N–H and O–H groups in total. The molecule has 3 heteroatoms. The lowest BCUT2D eigenvalue weighted by atomic mass is 10.1.